The van der Waals surface area contributed by atoms with Gasteiger partial charge in [0.15, 0.2) is 0 Å². The highest BCUT2D eigenvalue weighted by molar-refractivity contribution is 5.92. The number of hydrogen-bond acceptors (Lipinski definition) is 5. The van der Waals surface area contributed by atoms with Gasteiger partial charge in [-0.05, 0) is 30.3 Å². The smallest absolute Gasteiger partial charge is 0.349 e. The molecule has 0 fully saturated rings. The average molecular weight is 303 g/mol. The molecule has 0 aliphatic heterocycles. The molecule has 0 aliphatic carbocycles. The molecule has 0 N–H and O–H groups in total. The standard InChI is InChI=1S/C16H17NO5/c1-20-11-14(16(19)21-2)22-15(18)12-6-5-7-13(10-12)17-8-3-4-9-17/h3-10,14H,11H2,1-2H3/t14-/m1/s1. The summed E-state index contributed by atoms with van der Waals surface area (Å²) in [7, 11) is 2.64. The van der Waals surface area contributed by atoms with Crippen LogP contribution < -0.4 is 0 Å². The monoisotopic (exact) mass is 303 g/mol. The molecule has 1 atom stereocenters. The van der Waals surface area contributed by atoms with Crippen molar-refractivity contribution >= 4 is 11.9 Å². The third-order valence-electron chi connectivity index (χ3n) is 3.02. The summed E-state index contributed by atoms with van der Waals surface area (Å²) in [6.45, 7) is -0.0598. The fourth-order valence-corrected chi connectivity index (χ4v) is 1.93. The summed E-state index contributed by atoms with van der Waals surface area (Å²) < 4.78 is 16.5. The van der Waals surface area contributed by atoms with Crippen LogP contribution >= 0.6 is 0 Å². The minimum Gasteiger partial charge on any atom is -0.466 e. The van der Waals surface area contributed by atoms with Crippen LogP contribution in [0.4, 0.5) is 0 Å². The van der Waals surface area contributed by atoms with Crippen molar-refractivity contribution in [1.82, 2.24) is 4.57 Å². The number of benzene rings is 1. The molecule has 22 heavy (non-hydrogen) atoms. The number of methoxy groups -OCH3 is 2. The Kier molecular flexibility index (Phi) is 5.32. The quantitative estimate of drug-likeness (QED) is 0.762. The summed E-state index contributed by atoms with van der Waals surface area (Å²) in [5.41, 5.74) is 1.16. The average Bonchev–Trinajstić information content (AvgIpc) is 3.08. The lowest BCUT2D eigenvalue weighted by atomic mass is 10.2. The number of carbonyl (C=O) groups is 2. The second kappa shape index (κ2) is 7.42. The Labute approximate surface area is 128 Å². The highest BCUT2D eigenvalue weighted by Gasteiger charge is 2.24. The van der Waals surface area contributed by atoms with Crippen molar-refractivity contribution in [3.05, 3.63) is 54.4 Å². The second-order valence-electron chi connectivity index (χ2n) is 4.51. The van der Waals surface area contributed by atoms with Crippen LogP contribution in [0.15, 0.2) is 48.8 Å². The molecule has 0 unspecified atom stereocenters. The number of hydrogen-bond donors (Lipinski definition) is 0. The van der Waals surface area contributed by atoms with Crippen molar-refractivity contribution in [3.63, 3.8) is 0 Å². The molecule has 2 aromatic rings. The maximum absolute atomic E-state index is 12.2. The van der Waals surface area contributed by atoms with E-state index in [4.69, 9.17) is 9.47 Å². The first-order valence-corrected chi connectivity index (χ1v) is 6.67. The molecule has 0 saturated carbocycles. The minimum absolute atomic E-state index is 0.0598. The predicted octanol–water partition coefficient (Wildman–Crippen LogP) is 1.82. The van der Waals surface area contributed by atoms with Gasteiger partial charge in [-0.1, -0.05) is 6.07 Å². The van der Waals surface area contributed by atoms with Crippen LogP contribution in [-0.4, -0.2) is 43.4 Å². The van der Waals surface area contributed by atoms with E-state index < -0.39 is 18.0 Å². The zero-order valence-electron chi connectivity index (χ0n) is 12.4. The summed E-state index contributed by atoms with van der Waals surface area (Å²) in [5.74, 6) is -1.27. The first kappa shape index (κ1) is 15.8. The summed E-state index contributed by atoms with van der Waals surface area (Å²) >= 11 is 0. The summed E-state index contributed by atoms with van der Waals surface area (Å²) in [6, 6.07) is 10.7. The van der Waals surface area contributed by atoms with E-state index in [-0.39, 0.29) is 6.61 Å². The first-order valence-electron chi connectivity index (χ1n) is 6.67. The van der Waals surface area contributed by atoms with Crippen molar-refractivity contribution in [2.75, 3.05) is 20.8 Å². The number of nitrogens with zero attached hydrogens (tertiary/aromatic N) is 1. The number of esters is 2. The third-order valence-corrected chi connectivity index (χ3v) is 3.02. The summed E-state index contributed by atoms with van der Waals surface area (Å²) in [4.78, 5) is 23.7. The molecule has 1 heterocycles. The molecule has 0 bridgehead atoms. The second-order valence-corrected chi connectivity index (χ2v) is 4.51. The summed E-state index contributed by atoms with van der Waals surface area (Å²) in [5, 5.41) is 0. The molecule has 1 aromatic heterocycles. The van der Waals surface area contributed by atoms with E-state index >= 15 is 0 Å². The first-order chi connectivity index (χ1) is 10.7. The Hall–Kier alpha value is -2.60. The lowest BCUT2D eigenvalue weighted by molar-refractivity contribution is -0.153. The van der Waals surface area contributed by atoms with Gasteiger partial charge in [0, 0.05) is 25.2 Å². The molecule has 0 aliphatic rings. The number of carbonyl (C=O) groups excluding carboxylic acids is 2. The molecule has 2 rings (SSSR count). The fraction of sp³-hybridized carbons (Fsp3) is 0.250. The molecule has 6 heteroatoms. The molecule has 116 valence electrons. The van der Waals surface area contributed by atoms with E-state index in [1.807, 2.05) is 35.2 Å². The Morgan fingerprint density at radius 3 is 2.50 bits per heavy atom. The Balaban J connectivity index is 2.15. The molecule has 0 saturated heterocycles. The maximum Gasteiger partial charge on any atom is 0.349 e. The normalized spacial score (nSPS) is 11.7. The van der Waals surface area contributed by atoms with Crippen LogP contribution in [0.25, 0.3) is 5.69 Å². The van der Waals surface area contributed by atoms with E-state index in [9.17, 15) is 9.59 Å². The van der Waals surface area contributed by atoms with Crippen LogP contribution in [0, 0.1) is 0 Å². The van der Waals surface area contributed by atoms with Gasteiger partial charge in [0.1, 0.15) is 0 Å². The van der Waals surface area contributed by atoms with E-state index in [0.717, 1.165) is 5.69 Å². The highest BCUT2D eigenvalue weighted by Crippen LogP contribution is 2.13. The zero-order chi connectivity index (χ0) is 15.9. The van der Waals surface area contributed by atoms with E-state index in [0.29, 0.717) is 5.56 Å². The van der Waals surface area contributed by atoms with Crippen LogP contribution in [0.2, 0.25) is 0 Å². The molecule has 0 spiro atoms. The van der Waals surface area contributed by atoms with Gasteiger partial charge in [0.05, 0.1) is 19.3 Å². The minimum atomic E-state index is -1.09. The van der Waals surface area contributed by atoms with E-state index in [1.54, 1.807) is 18.2 Å². The highest BCUT2D eigenvalue weighted by atomic mass is 16.6. The van der Waals surface area contributed by atoms with Crippen molar-refractivity contribution in [2.45, 2.75) is 6.10 Å². The van der Waals surface area contributed by atoms with E-state index in [1.165, 1.54) is 14.2 Å². The topological polar surface area (TPSA) is 66.8 Å². The lowest BCUT2D eigenvalue weighted by Crippen LogP contribution is -2.32. The summed E-state index contributed by atoms with van der Waals surface area (Å²) in [6.07, 6.45) is 2.65. The third kappa shape index (κ3) is 3.73. The van der Waals surface area contributed by atoms with Gasteiger partial charge >= 0.3 is 11.9 Å². The van der Waals surface area contributed by atoms with Gasteiger partial charge in [-0.25, -0.2) is 9.59 Å². The Morgan fingerprint density at radius 1 is 1.14 bits per heavy atom. The van der Waals surface area contributed by atoms with Gasteiger partial charge in [0.25, 0.3) is 0 Å². The molecule has 0 radical (unpaired) electrons. The molecule has 0 amide bonds. The van der Waals surface area contributed by atoms with Crippen molar-refractivity contribution in [1.29, 1.82) is 0 Å². The SMILES string of the molecule is COC[C@@H](OC(=O)c1cccc(-n2cccc2)c1)C(=O)OC. The number of ether oxygens (including phenoxy) is 3. The predicted molar refractivity (Wildman–Crippen MR) is 78.9 cm³/mol. The molecular weight excluding hydrogens is 286 g/mol. The molecular formula is C16H17NO5. The number of aromatic nitrogens is 1. The van der Waals surface area contributed by atoms with E-state index in [2.05, 4.69) is 4.74 Å². The zero-order valence-corrected chi connectivity index (χ0v) is 12.4. The van der Waals surface area contributed by atoms with Crippen LogP contribution in [0.5, 0.6) is 0 Å². The van der Waals surface area contributed by atoms with Gasteiger partial charge in [0.2, 0.25) is 6.10 Å². The van der Waals surface area contributed by atoms with Gasteiger partial charge in [-0.3, -0.25) is 0 Å². The van der Waals surface area contributed by atoms with Crippen molar-refractivity contribution < 1.29 is 23.8 Å². The van der Waals surface area contributed by atoms with Crippen LogP contribution in [0.1, 0.15) is 10.4 Å². The maximum atomic E-state index is 12.2. The van der Waals surface area contributed by atoms with Gasteiger partial charge in [-0.15, -0.1) is 0 Å². The van der Waals surface area contributed by atoms with Crippen molar-refractivity contribution in [3.8, 4) is 5.69 Å². The largest absolute Gasteiger partial charge is 0.466 e. The molecule has 1 aromatic carbocycles. The fourth-order valence-electron chi connectivity index (χ4n) is 1.93. The Bertz CT molecular complexity index is 636. The van der Waals surface area contributed by atoms with Crippen molar-refractivity contribution in [2.24, 2.45) is 0 Å². The van der Waals surface area contributed by atoms with Crippen LogP contribution in [-0.2, 0) is 19.0 Å². The number of rotatable bonds is 6. The van der Waals surface area contributed by atoms with Crippen LogP contribution in [0.3, 0.4) is 0 Å². The Morgan fingerprint density at radius 2 is 1.86 bits per heavy atom. The van der Waals surface area contributed by atoms with Gasteiger partial charge in [-0.2, -0.15) is 0 Å². The lowest BCUT2D eigenvalue weighted by Gasteiger charge is -2.15. The van der Waals surface area contributed by atoms with Gasteiger partial charge < -0.3 is 18.8 Å². The molecule has 6 nitrogen and oxygen atoms in total.